The fourth-order valence-corrected chi connectivity index (χ4v) is 1.31. The fourth-order valence-electron chi connectivity index (χ4n) is 1.31. The van der Waals surface area contributed by atoms with Crippen LogP contribution in [0.3, 0.4) is 0 Å². The molecule has 0 spiro atoms. The van der Waals surface area contributed by atoms with Gasteiger partial charge in [0.25, 0.3) is 0 Å². The van der Waals surface area contributed by atoms with E-state index < -0.39 is 0 Å². The second-order valence-electron chi connectivity index (χ2n) is 2.74. The average molecular weight is 140 g/mol. The monoisotopic (exact) mass is 140 g/mol. The van der Waals surface area contributed by atoms with Gasteiger partial charge in [0, 0.05) is 12.6 Å². The van der Waals surface area contributed by atoms with Crippen LogP contribution < -0.4 is 11.1 Å². The van der Waals surface area contributed by atoms with E-state index in [2.05, 4.69) is 11.4 Å². The van der Waals surface area contributed by atoms with E-state index in [9.17, 15) is 0 Å². The molecular weight excluding hydrogens is 124 g/mol. The largest absolute Gasteiger partial charge is 0.327 e. The zero-order valence-corrected chi connectivity index (χ0v) is 6.34. The van der Waals surface area contributed by atoms with E-state index in [1.807, 2.05) is 6.08 Å². The molecule has 1 aliphatic rings. The van der Waals surface area contributed by atoms with Crippen molar-refractivity contribution in [2.24, 2.45) is 5.73 Å². The lowest BCUT2D eigenvalue weighted by atomic mass is 10.1. The molecule has 1 fully saturated rings. The summed E-state index contributed by atoms with van der Waals surface area (Å²) in [6.07, 6.45) is 8.01. The van der Waals surface area contributed by atoms with Crippen molar-refractivity contribution in [2.45, 2.75) is 25.3 Å². The number of nitrogens with two attached hydrogens (primary N) is 1. The second kappa shape index (κ2) is 4.47. The van der Waals surface area contributed by atoms with Crippen LogP contribution in [0.1, 0.15) is 19.3 Å². The molecule has 1 heterocycles. The van der Waals surface area contributed by atoms with Crippen LogP contribution in [0.4, 0.5) is 0 Å². The molecule has 1 saturated heterocycles. The van der Waals surface area contributed by atoms with Crippen molar-refractivity contribution >= 4 is 0 Å². The van der Waals surface area contributed by atoms with Crippen molar-refractivity contribution in [3.63, 3.8) is 0 Å². The maximum atomic E-state index is 5.31. The molecule has 1 aliphatic heterocycles. The van der Waals surface area contributed by atoms with E-state index in [1.54, 1.807) is 0 Å². The molecule has 1 unspecified atom stereocenters. The lowest BCUT2D eigenvalue weighted by Gasteiger charge is -2.04. The highest BCUT2D eigenvalue weighted by Gasteiger charge is 2.10. The minimum absolute atomic E-state index is 0.673. The van der Waals surface area contributed by atoms with E-state index in [0.717, 1.165) is 12.5 Å². The van der Waals surface area contributed by atoms with Crippen molar-refractivity contribution in [1.82, 2.24) is 5.32 Å². The van der Waals surface area contributed by atoms with E-state index in [0.29, 0.717) is 6.54 Å². The summed E-state index contributed by atoms with van der Waals surface area (Å²) in [5, 5.41) is 3.42. The van der Waals surface area contributed by atoms with E-state index in [4.69, 9.17) is 5.73 Å². The molecule has 0 aromatic rings. The SMILES string of the molecule is NC/C=C\CC1CCCN1. The Balaban J connectivity index is 2.06. The minimum Gasteiger partial charge on any atom is -0.327 e. The highest BCUT2D eigenvalue weighted by Crippen LogP contribution is 2.08. The Morgan fingerprint density at radius 3 is 3.00 bits per heavy atom. The van der Waals surface area contributed by atoms with E-state index in [-0.39, 0.29) is 0 Å². The predicted octanol–water partition coefficient (Wildman–Crippen LogP) is 0.643. The van der Waals surface area contributed by atoms with Crippen molar-refractivity contribution in [3.8, 4) is 0 Å². The highest BCUT2D eigenvalue weighted by atomic mass is 14.9. The van der Waals surface area contributed by atoms with Crippen LogP contribution in [0.15, 0.2) is 12.2 Å². The van der Waals surface area contributed by atoms with Gasteiger partial charge in [0.2, 0.25) is 0 Å². The first-order valence-electron chi connectivity index (χ1n) is 4.02. The molecule has 1 atom stereocenters. The quantitative estimate of drug-likeness (QED) is 0.565. The molecule has 0 saturated carbocycles. The molecule has 2 nitrogen and oxygen atoms in total. The van der Waals surface area contributed by atoms with Crippen LogP contribution in [0.25, 0.3) is 0 Å². The van der Waals surface area contributed by atoms with Crippen molar-refractivity contribution in [3.05, 3.63) is 12.2 Å². The van der Waals surface area contributed by atoms with Crippen LogP contribution in [-0.4, -0.2) is 19.1 Å². The van der Waals surface area contributed by atoms with E-state index in [1.165, 1.54) is 19.4 Å². The zero-order chi connectivity index (χ0) is 7.23. The van der Waals surface area contributed by atoms with Gasteiger partial charge in [-0.1, -0.05) is 12.2 Å². The first-order valence-corrected chi connectivity index (χ1v) is 4.02. The molecule has 58 valence electrons. The maximum Gasteiger partial charge on any atom is 0.0106 e. The number of rotatable bonds is 3. The lowest BCUT2D eigenvalue weighted by Crippen LogP contribution is -2.20. The van der Waals surface area contributed by atoms with Gasteiger partial charge >= 0.3 is 0 Å². The third kappa shape index (κ3) is 2.50. The summed E-state index contributed by atoms with van der Waals surface area (Å²) in [5.74, 6) is 0. The summed E-state index contributed by atoms with van der Waals surface area (Å²) < 4.78 is 0. The van der Waals surface area contributed by atoms with Crippen LogP contribution >= 0.6 is 0 Å². The third-order valence-electron chi connectivity index (χ3n) is 1.89. The number of nitrogens with one attached hydrogen (secondary N) is 1. The molecule has 0 aromatic carbocycles. The van der Waals surface area contributed by atoms with Gasteiger partial charge in [-0.25, -0.2) is 0 Å². The molecule has 3 N–H and O–H groups in total. The highest BCUT2D eigenvalue weighted by molar-refractivity contribution is 4.88. The summed E-state index contributed by atoms with van der Waals surface area (Å²) >= 11 is 0. The van der Waals surface area contributed by atoms with Crippen LogP contribution in [0, 0.1) is 0 Å². The summed E-state index contributed by atoms with van der Waals surface area (Å²) in [4.78, 5) is 0. The third-order valence-corrected chi connectivity index (χ3v) is 1.89. The molecule has 10 heavy (non-hydrogen) atoms. The van der Waals surface area contributed by atoms with Gasteiger partial charge in [0.1, 0.15) is 0 Å². The second-order valence-corrected chi connectivity index (χ2v) is 2.74. The average Bonchev–Trinajstić information content (AvgIpc) is 2.41. The summed E-state index contributed by atoms with van der Waals surface area (Å²) in [6, 6.07) is 0.725. The topological polar surface area (TPSA) is 38.0 Å². The van der Waals surface area contributed by atoms with Gasteiger partial charge in [-0.05, 0) is 25.8 Å². The predicted molar refractivity (Wildman–Crippen MR) is 43.8 cm³/mol. The van der Waals surface area contributed by atoms with Crippen LogP contribution in [0.2, 0.25) is 0 Å². The summed E-state index contributed by atoms with van der Waals surface area (Å²) in [5.41, 5.74) is 5.31. The molecule has 0 aliphatic carbocycles. The Bertz CT molecular complexity index is 104. The molecule has 0 bridgehead atoms. The fraction of sp³-hybridized carbons (Fsp3) is 0.750. The maximum absolute atomic E-state index is 5.31. The Morgan fingerprint density at radius 1 is 1.50 bits per heavy atom. The first kappa shape index (κ1) is 7.76. The Hall–Kier alpha value is -0.340. The standard InChI is InChI=1S/C8H16N2/c9-6-2-1-4-8-5-3-7-10-8/h1-2,8,10H,3-7,9H2/b2-1-. The first-order chi connectivity index (χ1) is 4.93. The minimum atomic E-state index is 0.673. The summed E-state index contributed by atoms with van der Waals surface area (Å²) in [6.45, 7) is 1.87. The molecule has 0 radical (unpaired) electrons. The van der Waals surface area contributed by atoms with Gasteiger partial charge < -0.3 is 11.1 Å². The Kier molecular flexibility index (Phi) is 3.47. The molecule has 1 rings (SSSR count). The molecular formula is C8H16N2. The van der Waals surface area contributed by atoms with Crippen molar-refractivity contribution < 1.29 is 0 Å². The van der Waals surface area contributed by atoms with Crippen LogP contribution in [0.5, 0.6) is 0 Å². The molecule has 0 amide bonds. The van der Waals surface area contributed by atoms with Gasteiger partial charge in [0.15, 0.2) is 0 Å². The molecule has 2 heteroatoms. The number of hydrogen-bond acceptors (Lipinski definition) is 2. The number of hydrogen-bond donors (Lipinski definition) is 2. The van der Waals surface area contributed by atoms with E-state index >= 15 is 0 Å². The van der Waals surface area contributed by atoms with Gasteiger partial charge in [-0.15, -0.1) is 0 Å². The van der Waals surface area contributed by atoms with Gasteiger partial charge in [0.05, 0.1) is 0 Å². The summed E-state index contributed by atoms with van der Waals surface area (Å²) in [7, 11) is 0. The van der Waals surface area contributed by atoms with Crippen molar-refractivity contribution in [1.29, 1.82) is 0 Å². The van der Waals surface area contributed by atoms with Crippen molar-refractivity contribution in [2.75, 3.05) is 13.1 Å². The van der Waals surface area contributed by atoms with Gasteiger partial charge in [-0.2, -0.15) is 0 Å². The molecule has 0 aromatic heterocycles. The smallest absolute Gasteiger partial charge is 0.0106 e. The Labute approximate surface area is 62.5 Å². The lowest BCUT2D eigenvalue weighted by molar-refractivity contribution is 0.614. The normalized spacial score (nSPS) is 26.3. The van der Waals surface area contributed by atoms with Gasteiger partial charge in [-0.3, -0.25) is 0 Å². The Morgan fingerprint density at radius 2 is 2.40 bits per heavy atom. The van der Waals surface area contributed by atoms with Crippen LogP contribution in [-0.2, 0) is 0 Å². The zero-order valence-electron chi connectivity index (χ0n) is 6.34.